The van der Waals surface area contributed by atoms with E-state index in [-0.39, 0.29) is 16.0 Å². The number of benzene rings is 1. The molecule has 3 nitrogen and oxygen atoms in total. The molecule has 1 rings (SSSR count). The summed E-state index contributed by atoms with van der Waals surface area (Å²) < 4.78 is 18.3. The van der Waals surface area contributed by atoms with Gasteiger partial charge in [0.25, 0.3) is 0 Å². The molecule has 0 fully saturated rings. The van der Waals surface area contributed by atoms with Gasteiger partial charge in [-0.05, 0) is 35.0 Å². The van der Waals surface area contributed by atoms with E-state index in [0.29, 0.717) is 5.56 Å². The molecule has 1 atom stereocenters. The van der Waals surface area contributed by atoms with Crippen LogP contribution in [0.5, 0.6) is 5.75 Å². The standard InChI is InChI=1S/C10H11BrFNO2/c1-5(13)10(14)6-3-7(11)9(12)8(4-6)15-2/h3-5H,13H2,1-2H3. The van der Waals surface area contributed by atoms with Gasteiger partial charge in [0.2, 0.25) is 0 Å². The number of methoxy groups -OCH3 is 1. The fourth-order valence-electron chi connectivity index (χ4n) is 1.12. The van der Waals surface area contributed by atoms with Crippen molar-refractivity contribution in [1.82, 2.24) is 0 Å². The van der Waals surface area contributed by atoms with Crippen LogP contribution in [0.4, 0.5) is 4.39 Å². The molecule has 5 heteroatoms. The zero-order valence-corrected chi connectivity index (χ0v) is 9.97. The topological polar surface area (TPSA) is 52.3 Å². The van der Waals surface area contributed by atoms with E-state index in [0.717, 1.165) is 0 Å². The molecule has 0 heterocycles. The Kier molecular flexibility index (Phi) is 3.82. The Hall–Kier alpha value is -0.940. The highest BCUT2D eigenvalue weighted by atomic mass is 79.9. The third-order valence-electron chi connectivity index (χ3n) is 1.91. The van der Waals surface area contributed by atoms with Crippen molar-refractivity contribution in [2.24, 2.45) is 5.73 Å². The summed E-state index contributed by atoms with van der Waals surface area (Å²) in [5.74, 6) is -0.763. The average Bonchev–Trinajstić information content (AvgIpc) is 2.20. The number of carbonyl (C=O) groups excluding carboxylic acids is 1. The first-order valence-corrected chi connectivity index (χ1v) is 5.09. The predicted molar refractivity (Wildman–Crippen MR) is 58.6 cm³/mol. The molecule has 0 amide bonds. The number of carbonyl (C=O) groups is 1. The van der Waals surface area contributed by atoms with Crippen molar-refractivity contribution in [3.63, 3.8) is 0 Å². The van der Waals surface area contributed by atoms with Crippen molar-refractivity contribution in [2.45, 2.75) is 13.0 Å². The molecule has 0 radical (unpaired) electrons. The number of rotatable bonds is 3. The normalized spacial score (nSPS) is 12.3. The second-order valence-corrected chi connectivity index (χ2v) is 3.98. The van der Waals surface area contributed by atoms with Crippen LogP contribution < -0.4 is 10.5 Å². The highest BCUT2D eigenvalue weighted by Gasteiger charge is 2.16. The van der Waals surface area contributed by atoms with Crippen molar-refractivity contribution in [1.29, 1.82) is 0 Å². The van der Waals surface area contributed by atoms with E-state index >= 15 is 0 Å². The second kappa shape index (κ2) is 4.72. The molecule has 1 unspecified atom stereocenters. The maximum Gasteiger partial charge on any atom is 0.179 e. The number of hydrogen-bond donors (Lipinski definition) is 1. The highest BCUT2D eigenvalue weighted by molar-refractivity contribution is 9.10. The highest BCUT2D eigenvalue weighted by Crippen LogP contribution is 2.27. The van der Waals surface area contributed by atoms with Gasteiger partial charge in [0, 0.05) is 5.56 Å². The maximum atomic E-state index is 13.3. The molecule has 82 valence electrons. The minimum absolute atomic E-state index is 0.0216. The summed E-state index contributed by atoms with van der Waals surface area (Å²) in [4.78, 5) is 11.6. The van der Waals surface area contributed by atoms with Gasteiger partial charge in [-0.1, -0.05) is 0 Å². The number of hydrogen-bond acceptors (Lipinski definition) is 3. The Morgan fingerprint density at radius 1 is 1.60 bits per heavy atom. The number of ketones is 1. The first kappa shape index (κ1) is 12.1. The molecule has 15 heavy (non-hydrogen) atoms. The Balaban J connectivity index is 3.22. The lowest BCUT2D eigenvalue weighted by atomic mass is 10.1. The monoisotopic (exact) mass is 275 g/mol. The van der Waals surface area contributed by atoms with Gasteiger partial charge >= 0.3 is 0 Å². The average molecular weight is 276 g/mol. The van der Waals surface area contributed by atoms with Crippen LogP contribution in [0.25, 0.3) is 0 Å². The SMILES string of the molecule is COc1cc(C(=O)C(C)N)cc(Br)c1F. The van der Waals surface area contributed by atoms with E-state index in [1.54, 1.807) is 6.92 Å². The first-order valence-electron chi connectivity index (χ1n) is 4.30. The van der Waals surface area contributed by atoms with E-state index in [1.807, 2.05) is 0 Å². The Bertz CT molecular complexity index is 393. The van der Waals surface area contributed by atoms with Crippen molar-refractivity contribution in [3.05, 3.63) is 28.0 Å². The third kappa shape index (κ3) is 2.54. The van der Waals surface area contributed by atoms with Gasteiger partial charge in [-0.15, -0.1) is 0 Å². The van der Waals surface area contributed by atoms with Crippen molar-refractivity contribution >= 4 is 21.7 Å². The lowest BCUT2D eigenvalue weighted by Crippen LogP contribution is -2.26. The van der Waals surface area contributed by atoms with Crippen LogP contribution in [-0.2, 0) is 0 Å². The fourth-order valence-corrected chi connectivity index (χ4v) is 1.56. The first-order chi connectivity index (χ1) is 6.97. The summed E-state index contributed by atoms with van der Waals surface area (Å²) in [6.07, 6.45) is 0. The summed E-state index contributed by atoms with van der Waals surface area (Å²) >= 11 is 3.01. The number of nitrogens with two attached hydrogens (primary N) is 1. The van der Waals surface area contributed by atoms with Crippen molar-refractivity contribution in [2.75, 3.05) is 7.11 Å². The van der Waals surface area contributed by atoms with Crippen LogP contribution in [0, 0.1) is 5.82 Å². The van der Waals surface area contributed by atoms with Gasteiger partial charge in [0.15, 0.2) is 17.3 Å². The number of ether oxygens (including phenoxy) is 1. The quantitative estimate of drug-likeness (QED) is 0.860. The van der Waals surface area contributed by atoms with E-state index < -0.39 is 11.9 Å². The maximum absolute atomic E-state index is 13.3. The van der Waals surface area contributed by atoms with E-state index in [2.05, 4.69) is 15.9 Å². The Morgan fingerprint density at radius 3 is 2.67 bits per heavy atom. The van der Waals surface area contributed by atoms with Crippen molar-refractivity contribution < 1.29 is 13.9 Å². The van der Waals surface area contributed by atoms with Gasteiger partial charge in [-0.25, -0.2) is 4.39 Å². The van der Waals surface area contributed by atoms with Crippen LogP contribution in [0.3, 0.4) is 0 Å². The lowest BCUT2D eigenvalue weighted by molar-refractivity contribution is 0.0967. The fraction of sp³-hybridized carbons (Fsp3) is 0.300. The molecule has 2 N–H and O–H groups in total. The van der Waals surface area contributed by atoms with Gasteiger partial charge in [0.05, 0.1) is 17.6 Å². The molecule has 0 aliphatic heterocycles. The van der Waals surface area contributed by atoms with Crippen LogP contribution >= 0.6 is 15.9 Å². The van der Waals surface area contributed by atoms with E-state index in [9.17, 15) is 9.18 Å². The molecular formula is C10H11BrFNO2. The van der Waals surface area contributed by atoms with Crippen LogP contribution in [0.15, 0.2) is 16.6 Å². The molecule has 0 bridgehead atoms. The zero-order valence-electron chi connectivity index (χ0n) is 8.38. The van der Waals surface area contributed by atoms with E-state index in [1.165, 1.54) is 19.2 Å². The van der Waals surface area contributed by atoms with Crippen LogP contribution in [0.2, 0.25) is 0 Å². The summed E-state index contributed by atoms with van der Waals surface area (Å²) in [5, 5.41) is 0. The minimum Gasteiger partial charge on any atom is -0.494 e. The molecule has 1 aromatic rings. The summed E-state index contributed by atoms with van der Waals surface area (Å²) in [7, 11) is 1.34. The third-order valence-corrected chi connectivity index (χ3v) is 2.49. The van der Waals surface area contributed by atoms with Gasteiger partial charge < -0.3 is 10.5 Å². The summed E-state index contributed by atoms with van der Waals surface area (Å²) in [5.41, 5.74) is 5.78. The predicted octanol–water partition coefficient (Wildman–Crippen LogP) is 2.13. The largest absolute Gasteiger partial charge is 0.494 e. The smallest absolute Gasteiger partial charge is 0.179 e. The lowest BCUT2D eigenvalue weighted by Gasteiger charge is -2.08. The molecule has 0 aromatic heterocycles. The number of Topliss-reactive ketones (excluding diaryl/α,β-unsaturated/α-hetero) is 1. The molecule has 1 aromatic carbocycles. The molecule has 0 spiro atoms. The summed E-state index contributed by atoms with van der Waals surface area (Å²) in [6.45, 7) is 1.58. The summed E-state index contributed by atoms with van der Waals surface area (Å²) in [6, 6.07) is 2.11. The van der Waals surface area contributed by atoms with Gasteiger partial charge in [-0.2, -0.15) is 0 Å². The molecule has 0 aliphatic carbocycles. The minimum atomic E-state index is -0.618. The Morgan fingerprint density at radius 2 is 2.20 bits per heavy atom. The molecule has 0 aliphatic rings. The van der Waals surface area contributed by atoms with Gasteiger partial charge in [-0.3, -0.25) is 4.79 Å². The van der Waals surface area contributed by atoms with Crippen molar-refractivity contribution in [3.8, 4) is 5.75 Å². The molecule has 0 saturated heterocycles. The number of halogens is 2. The van der Waals surface area contributed by atoms with Gasteiger partial charge in [0.1, 0.15) is 0 Å². The van der Waals surface area contributed by atoms with Crippen LogP contribution in [0.1, 0.15) is 17.3 Å². The Labute approximate surface area is 95.5 Å². The van der Waals surface area contributed by atoms with E-state index in [4.69, 9.17) is 10.5 Å². The zero-order chi connectivity index (χ0) is 11.6. The second-order valence-electron chi connectivity index (χ2n) is 3.13. The molecule has 0 saturated carbocycles. The molecular weight excluding hydrogens is 265 g/mol. The van der Waals surface area contributed by atoms with Crippen LogP contribution in [-0.4, -0.2) is 18.9 Å².